The van der Waals surface area contributed by atoms with Crippen LogP contribution in [0.15, 0.2) is 65.1 Å². The van der Waals surface area contributed by atoms with E-state index >= 15 is 0 Å². The molecule has 0 atom stereocenters. The molecule has 0 fully saturated rings. The van der Waals surface area contributed by atoms with Crippen LogP contribution in [0.25, 0.3) is 45.9 Å². The van der Waals surface area contributed by atoms with Crippen molar-refractivity contribution in [2.75, 3.05) is 0 Å². The van der Waals surface area contributed by atoms with Crippen LogP contribution < -0.4 is 0 Å². The highest BCUT2D eigenvalue weighted by atomic mass is 16.3. The third-order valence-electron chi connectivity index (χ3n) is 6.37. The summed E-state index contributed by atoms with van der Waals surface area (Å²) < 4.78 is 6.27. The number of hydrogen-bond donors (Lipinski definition) is 2. The maximum atomic E-state index is 6.27. The summed E-state index contributed by atoms with van der Waals surface area (Å²) in [5.74, 6) is 1.90. The lowest BCUT2D eigenvalue weighted by atomic mass is 10.1. The van der Waals surface area contributed by atoms with Crippen molar-refractivity contribution >= 4 is 45.9 Å². The van der Waals surface area contributed by atoms with Gasteiger partial charge in [-0.3, -0.25) is 0 Å². The summed E-state index contributed by atoms with van der Waals surface area (Å²) in [5, 5.41) is 0. The minimum Gasteiger partial charge on any atom is -0.461 e. The molecule has 5 nitrogen and oxygen atoms in total. The monoisotopic (exact) mass is 460 g/mol. The molecule has 0 aliphatic carbocycles. The van der Waals surface area contributed by atoms with E-state index in [4.69, 9.17) is 14.4 Å². The number of unbranched alkanes of at least 4 members (excludes halogenated alkanes) is 3. The van der Waals surface area contributed by atoms with Crippen molar-refractivity contribution in [3.8, 4) is 0 Å². The van der Waals surface area contributed by atoms with Gasteiger partial charge in [-0.2, -0.15) is 0 Å². The Labute approximate surface area is 204 Å². The van der Waals surface area contributed by atoms with Crippen LogP contribution in [-0.2, 0) is 6.42 Å². The molecule has 0 saturated carbocycles. The van der Waals surface area contributed by atoms with Gasteiger partial charge < -0.3 is 14.4 Å². The van der Waals surface area contributed by atoms with Crippen LogP contribution >= 0.6 is 0 Å². The van der Waals surface area contributed by atoms with Crippen LogP contribution in [0.5, 0.6) is 0 Å². The van der Waals surface area contributed by atoms with E-state index < -0.39 is 0 Å². The topological polar surface area (TPSA) is 70.5 Å². The van der Waals surface area contributed by atoms with Gasteiger partial charge in [0.25, 0.3) is 0 Å². The lowest BCUT2D eigenvalue weighted by Gasteiger charge is -1.99. The van der Waals surface area contributed by atoms with Gasteiger partial charge in [-0.15, -0.1) is 0 Å². The van der Waals surface area contributed by atoms with E-state index in [0.717, 1.165) is 74.8 Å². The van der Waals surface area contributed by atoms with Gasteiger partial charge in [0.05, 0.1) is 22.8 Å². The molecule has 0 aromatic carbocycles. The molecule has 8 bridgehead atoms. The Morgan fingerprint density at radius 1 is 0.686 bits per heavy atom. The van der Waals surface area contributed by atoms with E-state index in [9.17, 15) is 0 Å². The molecule has 2 aliphatic heterocycles. The third kappa shape index (κ3) is 4.76. The number of hydrogen-bond acceptors (Lipinski definition) is 3. The lowest BCUT2D eigenvalue weighted by Crippen LogP contribution is -1.84. The Bertz CT molecular complexity index is 1600. The predicted molar refractivity (Wildman–Crippen MR) is 143 cm³/mol. The van der Waals surface area contributed by atoms with Crippen molar-refractivity contribution in [3.05, 3.63) is 95.0 Å². The predicted octanol–water partition coefficient (Wildman–Crippen LogP) is 7.79. The SMILES string of the molecule is CCCCCCc1ccc(C2=Cc3cc4ccc(cc5nc(cc6ccc(cc2n3)[nH]6)C=C5)[nH]4)o1. The van der Waals surface area contributed by atoms with E-state index in [2.05, 4.69) is 83.6 Å². The van der Waals surface area contributed by atoms with Gasteiger partial charge in [0, 0.05) is 34.1 Å². The van der Waals surface area contributed by atoms with E-state index in [1.165, 1.54) is 19.3 Å². The first-order valence-electron chi connectivity index (χ1n) is 12.4. The van der Waals surface area contributed by atoms with Gasteiger partial charge in [-0.25, -0.2) is 9.97 Å². The van der Waals surface area contributed by atoms with E-state index in [0.29, 0.717) is 0 Å². The van der Waals surface area contributed by atoms with E-state index in [1.54, 1.807) is 0 Å². The highest BCUT2D eigenvalue weighted by Crippen LogP contribution is 2.30. The van der Waals surface area contributed by atoms with Crippen molar-refractivity contribution < 1.29 is 4.42 Å². The average molecular weight is 461 g/mol. The Morgan fingerprint density at radius 3 is 2.03 bits per heavy atom. The Morgan fingerprint density at radius 2 is 1.34 bits per heavy atom. The van der Waals surface area contributed by atoms with Crippen LogP contribution in [0.1, 0.15) is 66.9 Å². The van der Waals surface area contributed by atoms with Crippen molar-refractivity contribution in [1.29, 1.82) is 0 Å². The van der Waals surface area contributed by atoms with Gasteiger partial charge in [-0.05, 0) is 85.3 Å². The molecule has 6 rings (SSSR count). The first kappa shape index (κ1) is 21.4. The normalized spacial score (nSPS) is 12.8. The number of furan rings is 1. The largest absolute Gasteiger partial charge is 0.461 e. The summed E-state index contributed by atoms with van der Waals surface area (Å²) in [6.07, 6.45) is 12.1. The number of aromatic amines is 2. The Balaban J connectivity index is 1.45. The first-order chi connectivity index (χ1) is 17.2. The molecule has 5 heteroatoms. The molecular formula is C30H28N4O. The molecule has 174 valence electrons. The maximum Gasteiger partial charge on any atom is 0.136 e. The van der Waals surface area contributed by atoms with E-state index in [-0.39, 0.29) is 0 Å². The van der Waals surface area contributed by atoms with Crippen molar-refractivity contribution in [1.82, 2.24) is 19.9 Å². The number of aryl methyl sites for hydroxylation is 1. The highest BCUT2D eigenvalue weighted by molar-refractivity contribution is 5.92. The minimum atomic E-state index is 0.860. The minimum absolute atomic E-state index is 0.860. The molecule has 35 heavy (non-hydrogen) atoms. The molecule has 4 aromatic rings. The molecule has 2 N–H and O–H groups in total. The second kappa shape index (κ2) is 9.26. The molecule has 0 radical (unpaired) electrons. The number of nitrogens with zero attached hydrogens (tertiary/aromatic N) is 2. The summed E-state index contributed by atoms with van der Waals surface area (Å²) >= 11 is 0. The highest BCUT2D eigenvalue weighted by Gasteiger charge is 2.16. The van der Waals surface area contributed by atoms with Crippen molar-refractivity contribution in [3.63, 3.8) is 0 Å². The van der Waals surface area contributed by atoms with Crippen molar-refractivity contribution in [2.45, 2.75) is 39.0 Å². The molecule has 6 heterocycles. The maximum absolute atomic E-state index is 6.27. The fourth-order valence-corrected chi connectivity index (χ4v) is 4.59. The number of aromatic nitrogens is 4. The quantitative estimate of drug-likeness (QED) is 0.249. The summed E-state index contributed by atoms with van der Waals surface area (Å²) in [7, 11) is 0. The Kier molecular flexibility index (Phi) is 5.67. The third-order valence-corrected chi connectivity index (χ3v) is 6.37. The standard InChI is InChI=1S/C30H28N4O/c1-2-3-4-5-6-27-13-14-30(35-27)28-18-26-17-24-10-9-22(32-24)15-20-7-8-21(31-20)16-23-11-12-25(33-23)19-29(28)34-26/h7-19,32-33H,2-6H2,1H3. The molecule has 0 amide bonds. The van der Waals surface area contributed by atoms with Crippen LogP contribution in [0, 0.1) is 0 Å². The van der Waals surface area contributed by atoms with Crippen molar-refractivity contribution in [2.24, 2.45) is 0 Å². The second-order valence-electron chi connectivity index (χ2n) is 9.17. The summed E-state index contributed by atoms with van der Waals surface area (Å²) in [4.78, 5) is 16.6. The second-order valence-corrected chi connectivity index (χ2v) is 9.17. The van der Waals surface area contributed by atoms with Crippen LogP contribution in [0.3, 0.4) is 0 Å². The van der Waals surface area contributed by atoms with Gasteiger partial charge in [0.2, 0.25) is 0 Å². The smallest absolute Gasteiger partial charge is 0.136 e. The van der Waals surface area contributed by atoms with E-state index in [1.807, 2.05) is 12.2 Å². The summed E-state index contributed by atoms with van der Waals surface area (Å²) in [5.41, 5.74) is 8.61. The molecule has 0 saturated heterocycles. The molecule has 0 unspecified atom stereocenters. The zero-order valence-corrected chi connectivity index (χ0v) is 19.8. The van der Waals surface area contributed by atoms with Crippen LogP contribution in [-0.4, -0.2) is 19.9 Å². The number of fused-ring (bicyclic) bond motifs is 8. The first-order valence-corrected chi connectivity index (χ1v) is 12.4. The fraction of sp³-hybridized carbons (Fsp3) is 0.200. The number of rotatable bonds is 6. The zero-order valence-electron chi connectivity index (χ0n) is 19.8. The Hall–Kier alpha value is -4.12. The van der Waals surface area contributed by atoms with Gasteiger partial charge in [0.15, 0.2) is 0 Å². The zero-order chi connectivity index (χ0) is 23.6. The van der Waals surface area contributed by atoms with Crippen LogP contribution in [0.4, 0.5) is 0 Å². The van der Waals surface area contributed by atoms with Gasteiger partial charge >= 0.3 is 0 Å². The number of nitrogens with one attached hydrogen (secondary N) is 2. The molecule has 4 aromatic heterocycles. The van der Waals surface area contributed by atoms with Gasteiger partial charge in [0.1, 0.15) is 11.5 Å². The van der Waals surface area contributed by atoms with Gasteiger partial charge in [-0.1, -0.05) is 26.2 Å². The summed E-state index contributed by atoms with van der Waals surface area (Å²) in [6.45, 7) is 2.24. The number of H-pyrrole nitrogens is 2. The molecule has 2 aliphatic rings. The fourth-order valence-electron chi connectivity index (χ4n) is 4.59. The van der Waals surface area contributed by atoms with Crippen LogP contribution in [0.2, 0.25) is 0 Å². The summed E-state index contributed by atoms with van der Waals surface area (Å²) in [6, 6.07) is 20.7. The molecule has 0 spiro atoms. The lowest BCUT2D eigenvalue weighted by molar-refractivity contribution is 0.485. The molecular weight excluding hydrogens is 432 g/mol. The average Bonchev–Trinajstić information content (AvgIpc) is 3.66.